The zero-order valence-corrected chi connectivity index (χ0v) is 30.5. The summed E-state index contributed by atoms with van der Waals surface area (Å²) in [5.41, 5.74) is 0. The van der Waals surface area contributed by atoms with Crippen LogP contribution in [0, 0.1) is 0 Å². The average Bonchev–Trinajstić information content (AvgIpc) is 3.07. The number of aliphatic carboxylic acids is 1. The summed E-state index contributed by atoms with van der Waals surface area (Å²) in [5.74, 6) is -1.70. The number of nitrogens with one attached hydrogen (secondary N) is 1. The maximum absolute atomic E-state index is 12.8. The number of hydrogen-bond donors (Lipinski definition) is 6. The van der Waals surface area contributed by atoms with Gasteiger partial charge in [-0.25, -0.2) is 4.79 Å². The molecule has 284 valence electrons. The third-order valence-electron chi connectivity index (χ3n) is 9.67. The Morgan fingerprint density at radius 1 is 0.625 bits per heavy atom. The SMILES string of the molecule is CCCCCCCCCCCCCCC[C@@H](O)[C@H](CO[C@H]1OC(C(=O)O)[C@H](O)[C@H](O)[C@H]1O)NC(=O)CCCCCCCCCCCCC. The van der Waals surface area contributed by atoms with E-state index in [1.165, 1.54) is 116 Å². The first-order valence-corrected chi connectivity index (χ1v) is 19.7. The Bertz CT molecular complexity index is 785. The number of rotatable bonds is 32. The van der Waals surface area contributed by atoms with Crippen molar-refractivity contribution in [2.24, 2.45) is 0 Å². The summed E-state index contributed by atoms with van der Waals surface area (Å²) in [7, 11) is 0. The van der Waals surface area contributed by atoms with Gasteiger partial charge >= 0.3 is 5.97 Å². The highest BCUT2D eigenvalue weighted by molar-refractivity contribution is 5.76. The molecule has 6 N–H and O–H groups in total. The molecule has 48 heavy (non-hydrogen) atoms. The first kappa shape index (κ1) is 44.7. The maximum Gasteiger partial charge on any atom is 0.335 e. The smallest absolute Gasteiger partial charge is 0.335 e. The number of aliphatic hydroxyl groups is 4. The van der Waals surface area contributed by atoms with Crippen LogP contribution in [0.3, 0.4) is 0 Å². The number of carbonyl (C=O) groups excluding carboxylic acids is 1. The minimum Gasteiger partial charge on any atom is -0.479 e. The van der Waals surface area contributed by atoms with Crippen molar-refractivity contribution in [1.29, 1.82) is 0 Å². The summed E-state index contributed by atoms with van der Waals surface area (Å²) in [5, 5.41) is 53.7. The van der Waals surface area contributed by atoms with Gasteiger partial charge in [-0.1, -0.05) is 162 Å². The van der Waals surface area contributed by atoms with Gasteiger partial charge in [-0.05, 0) is 12.8 Å². The van der Waals surface area contributed by atoms with E-state index in [0.29, 0.717) is 12.8 Å². The second-order valence-electron chi connectivity index (χ2n) is 14.1. The van der Waals surface area contributed by atoms with Crippen LogP contribution in [0.5, 0.6) is 0 Å². The molecule has 1 aliphatic heterocycles. The first-order chi connectivity index (χ1) is 23.2. The number of aliphatic hydroxyl groups excluding tert-OH is 4. The number of carboxylic acids is 1. The maximum atomic E-state index is 12.8. The van der Waals surface area contributed by atoms with Gasteiger partial charge in [-0.15, -0.1) is 0 Å². The molecule has 0 aromatic rings. The van der Waals surface area contributed by atoms with Crippen molar-refractivity contribution in [2.45, 2.75) is 224 Å². The lowest BCUT2D eigenvalue weighted by molar-refractivity contribution is -0.295. The zero-order chi connectivity index (χ0) is 35.4. The summed E-state index contributed by atoms with van der Waals surface area (Å²) in [6.45, 7) is 4.22. The highest BCUT2D eigenvalue weighted by atomic mass is 16.7. The van der Waals surface area contributed by atoms with Crippen LogP contribution in [0.25, 0.3) is 0 Å². The molecule has 1 fully saturated rings. The number of hydrogen-bond acceptors (Lipinski definition) is 8. The molecule has 7 atom stereocenters. The molecule has 0 spiro atoms. The van der Waals surface area contributed by atoms with Crippen LogP contribution >= 0.6 is 0 Å². The fourth-order valence-corrected chi connectivity index (χ4v) is 6.44. The standard InChI is InChI=1S/C38H73NO9/c1-3-5-7-9-11-13-15-16-18-19-21-23-25-27-31(40)30(29-47-38-35(44)33(42)34(43)36(48-38)37(45)46)39-32(41)28-26-24-22-20-17-14-12-10-8-6-4-2/h30-31,33-36,38,40,42-44H,3-29H2,1-2H3,(H,39,41)(H,45,46)/t30-,31+,33-,34+,35+,36?,38-/m0/s1. The zero-order valence-electron chi connectivity index (χ0n) is 30.5. The molecule has 1 amide bonds. The van der Waals surface area contributed by atoms with Gasteiger partial charge in [0.15, 0.2) is 12.4 Å². The Kier molecular flexibility index (Phi) is 27.4. The predicted molar refractivity (Wildman–Crippen MR) is 190 cm³/mol. The lowest BCUT2D eigenvalue weighted by Gasteiger charge is -2.39. The van der Waals surface area contributed by atoms with E-state index < -0.39 is 48.8 Å². The molecule has 1 unspecified atom stereocenters. The normalized spacial score (nSPS) is 22.4. The van der Waals surface area contributed by atoms with Crippen LogP contribution < -0.4 is 5.32 Å². The molecule has 0 bridgehead atoms. The van der Waals surface area contributed by atoms with E-state index in [1.807, 2.05) is 0 Å². The van der Waals surface area contributed by atoms with E-state index in [4.69, 9.17) is 9.47 Å². The third-order valence-corrected chi connectivity index (χ3v) is 9.67. The van der Waals surface area contributed by atoms with Crippen molar-refractivity contribution in [3.63, 3.8) is 0 Å². The third kappa shape index (κ3) is 21.0. The topological polar surface area (TPSA) is 166 Å². The monoisotopic (exact) mass is 688 g/mol. The number of ether oxygens (including phenoxy) is 2. The minimum atomic E-state index is -1.82. The van der Waals surface area contributed by atoms with Gasteiger partial charge in [0, 0.05) is 6.42 Å². The molecule has 10 heteroatoms. The largest absolute Gasteiger partial charge is 0.479 e. The molecule has 0 saturated carbocycles. The molecule has 1 aliphatic rings. The lowest BCUT2D eigenvalue weighted by Crippen LogP contribution is -2.61. The number of amides is 1. The van der Waals surface area contributed by atoms with Crippen molar-refractivity contribution in [2.75, 3.05) is 6.61 Å². The van der Waals surface area contributed by atoms with E-state index in [9.17, 15) is 35.1 Å². The van der Waals surface area contributed by atoms with Gasteiger partial charge in [0.25, 0.3) is 0 Å². The Morgan fingerprint density at radius 3 is 1.48 bits per heavy atom. The molecule has 0 radical (unpaired) electrons. The Hall–Kier alpha value is -1.30. The van der Waals surface area contributed by atoms with Crippen molar-refractivity contribution in [1.82, 2.24) is 5.32 Å². The summed E-state index contributed by atoms with van der Waals surface area (Å²) in [4.78, 5) is 24.3. The van der Waals surface area contributed by atoms with E-state index in [1.54, 1.807) is 0 Å². The van der Waals surface area contributed by atoms with E-state index in [2.05, 4.69) is 19.2 Å². The average molecular weight is 688 g/mol. The van der Waals surface area contributed by atoms with Crippen LogP contribution in [-0.2, 0) is 19.1 Å². The molecule has 1 rings (SSSR count). The Balaban J connectivity index is 2.46. The Labute approximate surface area is 291 Å². The quantitative estimate of drug-likeness (QED) is 0.0412. The molecule has 1 heterocycles. The number of unbranched alkanes of at least 4 members (excludes halogenated alkanes) is 22. The molecule has 0 aromatic heterocycles. The van der Waals surface area contributed by atoms with Crippen molar-refractivity contribution < 1.29 is 44.6 Å². The molecular formula is C38H73NO9. The van der Waals surface area contributed by atoms with Gasteiger partial charge < -0.3 is 40.3 Å². The van der Waals surface area contributed by atoms with Crippen LogP contribution in [0.1, 0.15) is 181 Å². The van der Waals surface area contributed by atoms with E-state index >= 15 is 0 Å². The van der Waals surface area contributed by atoms with Gasteiger partial charge in [0.05, 0.1) is 18.8 Å². The lowest BCUT2D eigenvalue weighted by atomic mass is 9.99. The summed E-state index contributed by atoms with van der Waals surface area (Å²) in [6, 6.07) is -0.800. The van der Waals surface area contributed by atoms with Crippen LogP contribution in [0.15, 0.2) is 0 Å². The predicted octanol–water partition coefficient (Wildman–Crippen LogP) is 6.92. The summed E-state index contributed by atoms with van der Waals surface area (Å²) >= 11 is 0. The van der Waals surface area contributed by atoms with E-state index in [0.717, 1.165) is 38.5 Å². The van der Waals surface area contributed by atoms with Gasteiger partial charge in [-0.2, -0.15) is 0 Å². The van der Waals surface area contributed by atoms with Crippen LogP contribution in [0.2, 0.25) is 0 Å². The number of carbonyl (C=O) groups is 2. The van der Waals surface area contributed by atoms with Gasteiger partial charge in [0.1, 0.15) is 18.3 Å². The van der Waals surface area contributed by atoms with Crippen LogP contribution in [-0.4, -0.2) is 86.9 Å². The van der Waals surface area contributed by atoms with Gasteiger partial charge in [-0.3, -0.25) is 4.79 Å². The fraction of sp³-hybridized carbons (Fsp3) is 0.947. The highest BCUT2D eigenvalue weighted by Crippen LogP contribution is 2.23. The Morgan fingerprint density at radius 2 is 1.04 bits per heavy atom. The summed E-state index contributed by atoms with van der Waals surface area (Å²) < 4.78 is 10.9. The van der Waals surface area contributed by atoms with Crippen molar-refractivity contribution in [3.8, 4) is 0 Å². The second kappa shape index (κ2) is 29.4. The fourth-order valence-electron chi connectivity index (χ4n) is 6.44. The molecular weight excluding hydrogens is 614 g/mol. The van der Waals surface area contributed by atoms with E-state index in [-0.39, 0.29) is 12.5 Å². The molecule has 0 aliphatic carbocycles. The van der Waals surface area contributed by atoms with Crippen LogP contribution in [0.4, 0.5) is 0 Å². The molecule has 1 saturated heterocycles. The first-order valence-electron chi connectivity index (χ1n) is 19.7. The highest BCUT2D eigenvalue weighted by Gasteiger charge is 2.47. The second-order valence-corrected chi connectivity index (χ2v) is 14.1. The molecule has 10 nitrogen and oxygen atoms in total. The van der Waals surface area contributed by atoms with Crippen molar-refractivity contribution >= 4 is 11.9 Å². The summed E-state index contributed by atoms with van der Waals surface area (Å²) in [6.07, 6.45) is 20.1. The molecule has 0 aromatic carbocycles. The number of carboxylic acid groups (broad SMARTS) is 1. The van der Waals surface area contributed by atoms with Crippen molar-refractivity contribution in [3.05, 3.63) is 0 Å². The van der Waals surface area contributed by atoms with Gasteiger partial charge in [0.2, 0.25) is 5.91 Å². The minimum absolute atomic E-state index is 0.201.